The summed E-state index contributed by atoms with van der Waals surface area (Å²) in [7, 11) is 0. The van der Waals surface area contributed by atoms with E-state index < -0.39 is 11.7 Å². The maximum Gasteiger partial charge on any atom is 0.417 e. The standard InChI is InChI=1S/C20H15FN2O4/c21-13-5-3-12(4-6-13)16(11-15-2-1-9-26-15)19(24)22-14-7-8-17-18(10-14)27-20(25)23-17/h1-10,16H,11H2,(H,22,24)(H,23,25). The Balaban J connectivity index is 1.62. The third kappa shape index (κ3) is 3.67. The van der Waals surface area contributed by atoms with Crippen LogP contribution in [0.2, 0.25) is 0 Å². The first-order valence-electron chi connectivity index (χ1n) is 8.30. The van der Waals surface area contributed by atoms with Crippen LogP contribution in [0.1, 0.15) is 17.2 Å². The predicted molar refractivity (Wildman–Crippen MR) is 97.0 cm³/mol. The van der Waals surface area contributed by atoms with Crippen molar-refractivity contribution >= 4 is 22.7 Å². The summed E-state index contributed by atoms with van der Waals surface area (Å²) in [5.74, 6) is -1.15. The van der Waals surface area contributed by atoms with Gasteiger partial charge in [0.15, 0.2) is 5.58 Å². The van der Waals surface area contributed by atoms with E-state index in [2.05, 4.69) is 10.3 Å². The van der Waals surface area contributed by atoms with Gasteiger partial charge in [0.05, 0.1) is 17.7 Å². The van der Waals surface area contributed by atoms with E-state index in [1.807, 2.05) is 0 Å². The number of amides is 1. The van der Waals surface area contributed by atoms with Crippen LogP contribution in [0.25, 0.3) is 11.1 Å². The number of hydrogen-bond acceptors (Lipinski definition) is 4. The molecule has 0 fully saturated rings. The summed E-state index contributed by atoms with van der Waals surface area (Å²) >= 11 is 0. The molecule has 0 radical (unpaired) electrons. The number of furan rings is 1. The Bertz CT molecular complexity index is 1130. The Kier molecular flexibility index (Phi) is 4.33. The highest BCUT2D eigenvalue weighted by Crippen LogP contribution is 2.25. The molecule has 0 saturated heterocycles. The predicted octanol–water partition coefficient (Wildman–Crippen LogP) is 3.82. The number of benzene rings is 2. The molecule has 2 heterocycles. The van der Waals surface area contributed by atoms with E-state index in [1.54, 1.807) is 42.5 Å². The number of anilines is 1. The second-order valence-electron chi connectivity index (χ2n) is 6.10. The molecule has 7 heteroatoms. The Morgan fingerprint density at radius 3 is 2.70 bits per heavy atom. The number of halogens is 1. The average molecular weight is 366 g/mol. The van der Waals surface area contributed by atoms with E-state index in [0.29, 0.717) is 34.5 Å². The molecule has 6 nitrogen and oxygen atoms in total. The summed E-state index contributed by atoms with van der Waals surface area (Å²) in [6, 6.07) is 14.2. The highest BCUT2D eigenvalue weighted by molar-refractivity contribution is 5.97. The molecule has 0 aliphatic rings. The lowest BCUT2D eigenvalue weighted by Crippen LogP contribution is -2.23. The fourth-order valence-electron chi connectivity index (χ4n) is 2.94. The Labute approximate surface area is 152 Å². The van der Waals surface area contributed by atoms with Crippen LogP contribution in [0.15, 0.2) is 74.5 Å². The van der Waals surface area contributed by atoms with Crippen molar-refractivity contribution < 1.29 is 18.0 Å². The minimum atomic E-state index is -0.578. The molecule has 0 bridgehead atoms. The zero-order chi connectivity index (χ0) is 18.8. The molecule has 0 spiro atoms. The van der Waals surface area contributed by atoms with Crippen molar-refractivity contribution in [2.24, 2.45) is 0 Å². The van der Waals surface area contributed by atoms with Gasteiger partial charge in [0.1, 0.15) is 11.6 Å². The number of aromatic nitrogens is 1. The smallest absolute Gasteiger partial charge is 0.417 e. The molecule has 1 atom stereocenters. The maximum atomic E-state index is 13.3. The first-order chi connectivity index (χ1) is 13.1. The van der Waals surface area contributed by atoms with Crippen LogP contribution in [0.4, 0.5) is 10.1 Å². The van der Waals surface area contributed by atoms with Crippen LogP contribution >= 0.6 is 0 Å². The number of rotatable bonds is 5. The Hall–Kier alpha value is -3.61. The van der Waals surface area contributed by atoms with Gasteiger partial charge in [-0.05, 0) is 42.0 Å². The summed E-state index contributed by atoms with van der Waals surface area (Å²) in [6.45, 7) is 0. The van der Waals surface area contributed by atoms with Gasteiger partial charge in [-0.25, -0.2) is 9.18 Å². The van der Waals surface area contributed by atoms with E-state index in [-0.39, 0.29) is 11.7 Å². The monoisotopic (exact) mass is 366 g/mol. The van der Waals surface area contributed by atoms with Crippen LogP contribution < -0.4 is 11.1 Å². The highest BCUT2D eigenvalue weighted by atomic mass is 19.1. The van der Waals surface area contributed by atoms with Crippen molar-refractivity contribution in [3.63, 3.8) is 0 Å². The minimum Gasteiger partial charge on any atom is -0.469 e. The van der Waals surface area contributed by atoms with Crippen molar-refractivity contribution in [2.75, 3.05) is 5.32 Å². The van der Waals surface area contributed by atoms with Crippen molar-refractivity contribution in [3.8, 4) is 0 Å². The largest absolute Gasteiger partial charge is 0.469 e. The molecule has 0 aliphatic heterocycles. The van der Waals surface area contributed by atoms with Gasteiger partial charge in [-0.1, -0.05) is 12.1 Å². The van der Waals surface area contributed by atoms with Gasteiger partial charge >= 0.3 is 5.76 Å². The van der Waals surface area contributed by atoms with Crippen molar-refractivity contribution in [2.45, 2.75) is 12.3 Å². The number of hydrogen-bond donors (Lipinski definition) is 2. The van der Waals surface area contributed by atoms with Gasteiger partial charge in [0, 0.05) is 18.2 Å². The van der Waals surface area contributed by atoms with Gasteiger partial charge in [-0.2, -0.15) is 0 Å². The minimum absolute atomic E-state index is 0.282. The van der Waals surface area contributed by atoms with E-state index >= 15 is 0 Å². The summed E-state index contributed by atoms with van der Waals surface area (Å²) in [6.07, 6.45) is 1.86. The van der Waals surface area contributed by atoms with Crippen molar-refractivity contribution in [1.29, 1.82) is 0 Å². The van der Waals surface area contributed by atoms with Crippen molar-refractivity contribution in [3.05, 3.63) is 88.6 Å². The second kappa shape index (κ2) is 6.95. The number of oxazole rings is 1. The number of carbonyl (C=O) groups is 1. The lowest BCUT2D eigenvalue weighted by Gasteiger charge is -2.16. The normalized spacial score (nSPS) is 12.2. The third-order valence-corrected chi connectivity index (χ3v) is 4.26. The van der Waals surface area contributed by atoms with E-state index in [9.17, 15) is 14.0 Å². The van der Waals surface area contributed by atoms with E-state index in [4.69, 9.17) is 8.83 Å². The fourth-order valence-corrected chi connectivity index (χ4v) is 2.94. The second-order valence-corrected chi connectivity index (χ2v) is 6.10. The van der Waals surface area contributed by atoms with Crippen LogP contribution in [-0.2, 0) is 11.2 Å². The topological polar surface area (TPSA) is 88.2 Å². The molecule has 2 aromatic heterocycles. The average Bonchev–Trinajstić information content (AvgIpc) is 3.28. The molecular formula is C20H15FN2O4. The molecule has 136 valence electrons. The van der Waals surface area contributed by atoms with Gasteiger partial charge in [-0.15, -0.1) is 0 Å². The number of fused-ring (bicyclic) bond motifs is 1. The Morgan fingerprint density at radius 2 is 1.96 bits per heavy atom. The molecule has 2 aromatic carbocycles. The lowest BCUT2D eigenvalue weighted by molar-refractivity contribution is -0.117. The molecule has 27 heavy (non-hydrogen) atoms. The number of nitrogens with one attached hydrogen (secondary N) is 2. The third-order valence-electron chi connectivity index (χ3n) is 4.26. The molecule has 4 aromatic rings. The molecule has 1 unspecified atom stereocenters. The summed E-state index contributed by atoms with van der Waals surface area (Å²) < 4.78 is 23.6. The summed E-state index contributed by atoms with van der Waals surface area (Å²) in [5.41, 5.74) is 2.05. The quantitative estimate of drug-likeness (QED) is 0.562. The number of aromatic amines is 1. The fraction of sp³-hybridized carbons (Fsp3) is 0.100. The van der Waals surface area contributed by atoms with E-state index in [0.717, 1.165) is 0 Å². The number of H-pyrrole nitrogens is 1. The van der Waals surface area contributed by atoms with Crippen LogP contribution in [0, 0.1) is 5.82 Å². The molecule has 2 N–H and O–H groups in total. The molecule has 0 aliphatic carbocycles. The number of carbonyl (C=O) groups excluding carboxylic acids is 1. The van der Waals surface area contributed by atoms with Gasteiger partial charge < -0.3 is 14.2 Å². The van der Waals surface area contributed by atoms with Gasteiger partial charge in [-0.3, -0.25) is 9.78 Å². The zero-order valence-corrected chi connectivity index (χ0v) is 14.1. The van der Waals surface area contributed by atoms with Gasteiger partial charge in [0.25, 0.3) is 0 Å². The molecule has 4 rings (SSSR count). The first-order valence-corrected chi connectivity index (χ1v) is 8.30. The van der Waals surface area contributed by atoms with Crippen LogP contribution in [0.3, 0.4) is 0 Å². The lowest BCUT2D eigenvalue weighted by atomic mass is 9.93. The Morgan fingerprint density at radius 1 is 1.15 bits per heavy atom. The molecular weight excluding hydrogens is 351 g/mol. The van der Waals surface area contributed by atoms with Crippen molar-refractivity contribution in [1.82, 2.24) is 4.98 Å². The maximum absolute atomic E-state index is 13.3. The molecule has 0 saturated carbocycles. The highest BCUT2D eigenvalue weighted by Gasteiger charge is 2.23. The summed E-state index contributed by atoms with van der Waals surface area (Å²) in [5, 5.41) is 2.82. The summed E-state index contributed by atoms with van der Waals surface area (Å²) in [4.78, 5) is 26.7. The van der Waals surface area contributed by atoms with Crippen LogP contribution in [0.5, 0.6) is 0 Å². The SMILES string of the molecule is O=C(Nc1ccc2[nH]c(=O)oc2c1)C(Cc1ccco1)c1ccc(F)cc1. The first kappa shape index (κ1) is 16.8. The zero-order valence-electron chi connectivity index (χ0n) is 14.1. The van der Waals surface area contributed by atoms with Crippen LogP contribution in [-0.4, -0.2) is 10.9 Å². The van der Waals surface area contributed by atoms with Gasteiger partial charge in [0.2, 0.25) is 5.91 Å². The van der Waals surface area contributed by atoms with E-state index in [1.165, 1.54) is 18.4 Å². The molecule has 1 amide bonds.